The molecule has 1 saturated carbocycles. The molecule has 28 heavy (non-hydrogen) atoms. The first-order valence-corrected chi connectivity index (χ1v) is 11.0. The first kappa shape index (κ1) is 21.0. The molecular formula is C25H36N2O. The van der Waals surface area contributed by atoms with Crippen LogP contribution in [0.5, 0.6) is 0 Å². The molecule has 2 aromatic rings. The van der Waals surface area contributed by atoms with Gasteiger partial charge >= 0.3 is 0 Å². The van der Waals surface area contributed by atoms with Crippen LogP contribution in [0, 0.1) is 6.92 Å². The smallest absolute Gasteiger partial charge is 0.0689 e. The molecule has 3 heteroatoms. The normalized spacial score (nSPS) is 20.6. The largest absolute Gasteiger partial charge is 0.375 e. The summed E-state index contributed by atoms with van der Waals surface area (Å²) in [5.74, 6) is 0.619. The van der Waals surface area contributed by atoms with Gasteiger partial charge in [0.1, 0.15) is 0 Å². The van der Waals surface area contributed by atoms with Gasteiger partial charge < -0.3 is 10.1 Å². The van der Waals surface area contributed by atoms with Crippen molar-refractivity contribution >= 4 is 0 Å². The van der Waals surface area contributed by atoms with Gasteiger partial charge in [0, 0.05) is 24.4 Å². The van der Waals surface area contributed by atoms with Crippen LogP contribution in [-0.4, -0.2) is 30.3 Å². The van der Waals surface area contributed by atoms with Crippen LogP contribution < -0.4 is 5.32 Å². The second kappa shape index (κ2) is 10.7. The molecule has 1 unspecified atom stereocenters. The molecule has 1 aliphatic heterocycles. The van der Waals surface area contributed by atoms with Crippen LogP contribution in [0.3, 0.4) is 0 Å². The van der Waals surface area contributed by atoms with Gasteiger partial charge in [0.2, 0.25) is 0 Å². The maximum absolute atomic E-state index is 6.05. The number of nitrogens with zero attached hydrogens (tertiary/aromatic N) is 1. The summed E-state index contributed by atoms with van der Waals surface area (Å²) in [6.07, 6.45) is 10.6. The quantitative estimate of drug-likeness (QED) is 0.702. The van der Waals surface area contributed by atoms with Crippen LogP contribution >= 0.6 is 0 Å². The predicted octanol–water partition coefficient (Wildman–Crippen LogP) is 5.44. The molecule has 152 valence electrons. The summed E-state index contributed by atoms with van der Waals surface area (Å²) in [4.78, 5) is 4.50. The maximum atomic E-state index is 6.05. The van der Waals surface area contributed by atoms with Gasteiger partial charge in [-0.1, -0.05) is 50.1 Å². The number of hydrogen-bond donors (Lipinski definition) is 1. The zero-order valence-corrected chi connectivity index (χ0v) is 17.6. The van der Waals surface area contributed by atoms with E-state index < -0.39 is 0 Å². The Balaban J connectivity index is 0.000000169. The summed E-state index contributed by atoms with van der Waals surface area (Å²) < 4.78 is 6.05. The Labute approximate surface area is 170 Å². The number of aryl methyl sites for hydroxylation is 1. The zero-order chi connectivity index (χ0) is 19.7. The van der Waals surface area contributed by atoms with E-state index in [1.165, 1.54) is 48.9 Å². The molecule has 1 aliphatic carbocycles. The fourth-order valence-electron chi connectivity index (χ4n) is 4.56. The number of benzene rings is 1. The molecule has 1 aromatic carbocycles. The van der Waals surface area contributed by atoms with Gasteiger partial charge in [0.25, 0.3) is 0 Å². The molecular weight excluding hydrogens is 344 g/mol. The average molecular weight is 381 g/mol. The second-order valence-electron chi connectivity index (χ2n) is 8.21. The summed E-state index contributed by atoms with van der Waals surface area (Å²) in [6.45, 7) is 7.37. The van der Waals surface area contributed by atoms with Gasteiger partial charge in [0.15, 0.2) is 0 Å². The highest BCUT2D eigenvalue weighted by atomic mass is 16.5. The average Bonchev–Trinajstić information content (AvgIpc) is 3.18. The van der Waals surface area contributed by atoms with Crippen LogP contribution in [-0.2, 0) is 11.2 Å². The third-order valence-corrected chi connectivity index (χ3v) is 6.20. The molecule has 2 aliphatic rings. The SMILES string of the molecule is CCNCCc1ccccc1C.c1ccc(C2CCOC3(CCCC3)C2)nc1. The molecule has 0 bridgehead atoms. The van der Waals surface area contributed by atoms with E-state index in [0.29, 0.717) is 5.92 Å². The Morgan fingerprint density at radius 2 is 1.89 bits per heavy atom. The lowest BCUT2D eigenvalue weighted by Gasteiger charge is -2.38. The summed E-state index contributed by atoms with van der Waals surface area (Å²) in [7, 11) is 0. The van der Waals surface area contributed by atoms with E-state index in [4.69, 9.17) is 4.74 Å². The van der Waals surface area contributed by atoms with Gasteiger partial charge in [-0.3, -0.25) is 4.98 Å². The highest BCUT2D eigenvalue weighted by Gasteiger charge is 2.40. The van der Waals surface area contributed by atoms with Crippen molar-refractivity contribution in [2.24, 2.45) is 0 Å². The van der Waals surface area contributed by atoms with E-state index in [-0.39, 0.29) is 5.60 Å². The molecule has 3 nitrogen and oxygen atoms in total. The van der Waals surface area contributed by atoms with Crippen molar-refractivity contribution < 1.29 is 4.74 Å². The summed E-state index contributed by atoms with van der Waals surface area (Å²) in [5, 5.41) is 3.32. The van der Waals surface area contributed by atoms with Crippen molar-refractivity contribution in [2.45, 2.75) is 70.3 Å². The van der Waals surface area contributed by atoms with E-state index in [2.05, 4.69) is 60.5 Å². The Morgan fingerprint density at radius 1 is 1.11 bits per heavy atom. The fraction of sp³-hybridized carbons (Fsp3) is 0.560. The first-order valence-electron chi connectivity index (χ1n) is 11.0. The van der Waals surface area contributed by atoms with E-state index in [9.17, 15) is 0 Å². The first-order chi connectivity index (χ1) is 13.7. The summed E-state index contributed by atoms with van der Waals surface area (Å²) >= 11 is 0. The van der Waals surface area contributed by atoms with Crippen LogP contribution in [0.1, 0.15) is 68.2 Å². The van der Waals surface area contributed by atoms with Crippen LogP contribution in [0.4, 0.5) is 0 Å². The molecule has 1 N–H and O–H groups in total. The number of likely N-dealkylation sites (N-methyl/N-ethyl adjacent to an activating group) is 1. The number of nitrogens with one attached hydrogen (secondary N) is 1. The Morgan fingerprint density at radius 3 is 2.61 bits per heavy atom. The number of rotatable bonds is 5. The number of hydrogen-bond acceptors (Lipinski definition) is 3. The summed E-state index contributed by atoms with van der Waals surface area (Å²) in [5.41, 5.74) is 4.33. The molecule has 2 heterocycles. The molecule has 1 saturated heterocycles. The fourth-order valence-corrected chi connectivity index (χ4v) is 4.56. The van der Waals surface area contributed by atoms with Crippen LogP contribution in [0.2, 0.25) is 0 Å². The minimum Gasteiger partial charge on any atom is -0.375 e. The molecule has 0 radical (unpaired) electrons. The van der Waals surface area contributed by atoms with Crippen molar-refractivity contribution in [2.75, 3.05) is 19.7 Å². The minimum absolute atomic E-state index is 0.209. The lowest BCUT2D eigenvalue weighted by molar-refractivity contribution is -0.0809. The van der Waals surface area contributed by atoms with Gasteiger partial charge in [-0.05, 0) is 75.4 Å². The Hall–Kier alpha value is -1.71. The molecule has 0 amide bonds. The lowest BCUT2D eigenvalue weighted by atomic mass is 9.83. The zero-order valence-electron chi connectivity index (χ0n) is 17.6. The minimum atomic E-state index is 0.209. The third kappa shape index (κ3) is 5.89. The number of aromatic nitrogens is 1. The van der Waals surface area contributed by atoms with Gasteiger partial charge in [-0.25, -0.2) is 0 Å². The monoisotopic (exact) mass is 380 g/mol. The van der Waals surface area contributed by atoms with Crippen molar-refractivity contribution in [1.82, 2.24) is 10.3 Å². The second-order valence-corrected chi connectivity index (χ2v) is 8.21. The Bertz CT molecular complexity index is 695. The molecule has 4 rings (SSSR count). The van der Waals surface area contributed by atoms with Crippen LogP contribution in [0.25, 0.3) is 0 Å². The highest BCUT2D eigenvalue weighted by molar-refractivity contribution is 5.25. The van der Waals surface area contributed by atoms with E-state index in [1.54, 1.807) is 0 Å². The predicted molar refractivity (Wildman–Crippen MR) is 117 cm³/mol. The van der Waals surface area contributed by atoms with Gasteiger partial charge in [-0.15, -0.1) is 0 Å². The number of pyridine rings is 1. The standard InChI is InChI=1S/C14H19NO.C11H17N/c1-4-9-15-13(5-1)12-6-10-16-14(11-12)7-2-3-8-14;1-3-12-9-8-11-7-5-4-6-10(11)2/h1,4-5,9,12H,2-3,6-8,10-11H2;4-7,12H,3,8-9H2,1-2H3. The maximum Gasteiger partial charge on any atom is 0.0689 e. The highest BCUT2D eigenvalue weighted by Crippen LogP contribution is 2.44. The molecule has 2 fully saturated rings. The van der Waals surface area contributed by atoms with Crippen molar-refractivity contribution in [3.05, 3.63) is 65.5 Å². The molecule has 1 atom stereocenters. The Kier molecular flexibility index (Phi) is 8.05. The lowest BCUT2D eigenvalue weighted by Crippen LogP contribution is -2.36. The van der Waals surface area contributed by atoms with Gasteiger partial charge in [-0.2, -0.15) is 0 Å². The van der Waals surface area contributed by atoms with Crippen LogP contribution in [0.15, 0.2) is 48.7 Å². The summed E-state index contributed by atoms with van der Waals surface area (Å²) in [6, 6.07) is 14.8. The number of ether oxygens (including phenoxy) is 1. The van der Waals surface area contributed by atoms with E-state index in [1.807, 2.05) is 12.3 Å². The van der Waals surface area contributed by atoms with E-state index >= 15 is 0 Å². The van der Waals surface area contributed by atoms with Crippen molar-refractivity contribution in [3.63, 3.8) is 0 Å². The molecule has 1 aromatic heterocycles. The van der Waals surface area contributed by atoms with Crippen molar-refractivity contribution in [1.29, 1.82) is 0 Å². The molecule has 1 spiro atoms. The van der Waals surface area contributed by atoms with Crippen molar-refractivity contribution in [3.8, 4) is 0 Å². The topological polar surface area (TPSA) is 34.1 Å². The van der Waals surface area contributed by atoms with E-state index in [0.717, 1.165) is 32.5 Å². The third-order valence-electron chi connectivity index (χ3n) is 6.20. The van der Waals surface area contributed by atoms with Gasteiger partial charge in [0.05, 0.1) is 5.60 Å².